The van der Waals surface area contributed by atoms with Crippen molar-refractivity contribution in [1.82, 2.24) is 0 Å². The largest absolute Gasteiger partial charge is 0.326 e. The maximum atomic E-state index is 13.6. The smallest absolute Gasteiger partial charge is 0.226 e. The molecule has 1 N–H and O–H groups in total. The SMILES string of the molecule is CCC(=O)N1CCc2cc(Br)c(S(=O)(=O)CCC(=O)Nc3ccc(C)c(F)c3)cc21. The van der Waals surface area contributed by atoms with Crippen LogP contribution in [0.5, 0.6) is 0 Å². The number of sulfone groups is 1. The molecule has 0 spiro atoms. The molecule has 1 aliphatic rings. The third-order valence-corrected chi connectivity index (χ3v) is 7.69. The van der Waals surface area contributed by atoms with Crippen LogP contribution in [0.15, 0.2) is 39.7 Å². The second-order valence-corrected chi connectivity index (χ2v) is 10.1. The molecule has 0 saturated carbocycles. The minimum Gasteiger partial charge on any atom is -0.326 e. The molecule has 0 fully saturated rings. The zero-order chi connectivity index (χ0) is 22.1. The lowest BCUT2D eigenvalue weighted by molar-refractivity contribution is -0.118. The summed E-state index contributed by atoms with van der Waals surface area (Å²) in [6.07, 6.45) is 0.714. The molecule has 1 aliphatic heterocycles. The van der Waals surface area contributed by atoms with Crippen LogP contribution in [-0.2, 0) is 25.8 Å². The Balaban J connectivity index is 1.75. The Morgan fingerprint density at radius 2 is 1.97 bits per heavy atom. The Hall–Kier alpha value is -2.26. The zero-order valence-corrected chi connectivity index (χ0v) is 19.1. The Kier molecular flexibility index (Phi) is 6.62. The highest BCUT2D eigenvalue weighted by molar-refractivity contribution is 9.10. The zero-order valence-electron chi connectivity index (χ0n) is 16.7. The van der Waals surface area contributed by atoms with Crippen molar-refractivity contribution < 1.29 is 22.4 Å². The fourth-order valence-electron chi connectivity index (χ4n) is 3.31. The average Bonchev–Trinajstić information content (AvgIpc) is 3.10. The first-order chi connectivity index (χ1) is 14.1. The van der Waals surface area contributed by atoms with Gasteiger partial charge in [-0.15, -0.1) is 0 Å². The molecule has 2 aromatic rings. The first-order valence-electron chi connectivity index (χ1n) is 9.54. The summed E-state index contributed by atoms with van der Waals surface area (Å²) < 4.78 is 39.8. The first-order valence-corrected chi connectivity index (χ1v) is 12.0. The first kappa shape index (κ1) is 22.4. The van der Waals surface area contributed by atoms with E-state index in [2.05, 4.69) is 21.2 Å². The number of anilines is 2. The summed E-state index contributed by atoms with van der Waals surface area (Å²) in [4.78, 5) is 26.0. The van der Waals surface area contributed by atoms with Gasteiger partial charge in [0.05, 0.1) is 10.6 Å². The van der Waals surface area contributed by atoms with Crippen LogP contribution in [0.4, 0.5) is 15.8 Å². The monoisotopic (exact) mass is 496 g/mol. The highest BCUT2D eigenvalue weighted by Crippen LogP contribution is 2.36. The van der Waals surface area contributed by atoms with Crippen LogP contribution in [-0.4, -0.2) is 32.5 Å². The average molecular weight is 497 g/mol. The second-order valence-electron chi connectivity index (χ2n) is 7.14. The molecule has 2 amide bonds. The number of rotatable bonds is 6. The number of fused-ring (bicyclic) bond motifs is 1. The van der Waals surface area contributed by atoms with Gasteiger partial charge in [0.2, 0.25) is 11.8 Å². The molecule has 160 valence electrons. The summed E-state index contributed by atoms with van der Waals surface area (Å²) in [6.45, 7) is 3.89. The van der Waals surface area contributed by atoms with E-state index in [0.29, 0.717) is 35.1 Å². The number of carbonyl (C=O) groups is 2. The molecule has 2 aromatic carbocycles. The van der Waals surface area contributed by atoms with E-state index in [0.717, 1.165) is 5.56 Å². The van der Waals surface area contributed by atoms with Gasteiger partial charge in [-0.05, 0) is 64.7 Å². The molecule has 1 heterocycles. The topological polar surface area (TPSA) is 83.6 Å². The van der Waals surface area contributed by atoms with Gasteiger partial charge in [0.1, 0.15) is 5.82 Å². The lowest BCUT2D eigenvalue weighted by Crippen LogP contribution is -2.28. The molecule has 0 atom stereocenters. The number of carbonyl (C=O) groups excluding carboxylic acids is 2. The predicted octanol–water partition coefficient (Wildman–Crippen LogP) is 4.00. The Morgan fingerprint density at radius 3 is 2.63 bits per heavy atom. The van der Waals surface area contributed by atoms with E-state index < -0.39 is 27.3 Å². The summed E-state index contributed by atoms with van der Waals surface area (Å²) >= 11 is 3.31. The van der Waals surface area contributed by atoms with Gasteiger partial charge in [-0.3, -0.25) is 9.59 Å². The van der Waals surface area contributed by atoms with Crippen LogP contribution in [0, 0.1) is 12.7 Å². The molecule has 6 nitrogen and oxygen atoms in total. The summed E-state index contributed by atoms with van der Waals surface area (Å²) in [7, 11) is -3.79. The van der Waals surface area contributed by atoms with Crippen LogP contribution in [0.2, 0.25) is 0 Å². The Morgan fingerprint density at radius 1 is 1.23 bits per heavy atom. The molecule has 30 heavy (non-hydrogen) atoms. The Labute approximate surface area is 183 Å². The van der Waals surface area contributed by atoms with Crippen LogP contribution >= 0.6 is 15.9 Å². The molecule has 0 aromatic heterocycles. The number of benzene rings is 2. The number of hydrogen-bond donors (Lipinski definition) is 1. The van der Waals surface area contributed by atoms with Crippen molar-refractivity contribution in [3.05, 3.63) is 51.7 Å². The molecule has 0 aliphatic carbocycles. The number of nitrogens with one attached hydrogen (secondary N) is 1. The highest BCUT2D eigenvalue weighted by atomic mass is 79.9. The molecule has 9 heteroatoms. The number of halogens is 2. The normalized spacial score (nSPS) is 13.3. The van der Waals surface area contributed by atoms with E-state index in [1.165, 1.54) is 18.2 Å². The van der Waals surface area contributed by atoms with Gasteiger partial charge in [-0.25, -0.2) is 12.8 Å². The van der Waals surface area contributed by atoms with Crippen molar-refractivity contribution in [3.63, 3.8) is 0 Å². The molecule has 0 saturated heterocycles. The van der Waals surface area contributed by atoms with Crippen molar-refractivity contribution in [2.45, 2.75) is 38.0 Å². The third kappa shape index (κ3) is 4.73. The van der Waals surface area contributed by atoms with Crippen molar-refractivity contribution in [2.75, 3.05) is 22.5 Å². The lowest BCUT2D eigenvalue weighted by Gasteiger charge is -2.18. The molecule has 0 radical (unpaired) electrons. The van der Waals surface area contributed by atoms with E-state index in [-0.39, 0.29) is 22.9 Å². The van der Waals surface area contributed by atoms with Crippen LogP contribution in [0.1, 0.15) is 30.9 Å². The van der Waals surface area contributed by atoms with Gasteiger partial charge in [-0.2, -0.15) is 0 Å². The minimum absolute atomic E-state index is 0.0474. The van der Waals surface area contributed by atoms with E-state index >= 15 is 0 Å². The van der Waals surface area contributed by atoms with Crippen LogP contribution in [0.3, 0.4) is 0 Å². The van der Waals surface area contributed by atoms with E-state index in [1.54, 1.807) is 30.9 Å². The number of hydrogen-bond acceptors (Lipinski definition) is 4. The van der Waals surface area contributed by atoms with E-state index in [4.69, 9.17) is 0 Å². The fourth-order valence-corrected chi connectivity index (χ4v) is 5.76. The summed E-state index contributed by atoms with van der Waals surface area (Å²) in [5.74, 6) is -1.45. The standard InChI is InChI=1S/C21H22BrFN2O4S/c1-3-21(27)25-8-6-14-10-16(22)19(12-18(14)25)30(28,29)9-7-20(26)24-15-5-4-13(2)17(23)11-15/h4-5,10-12H,3,6-9H2,1-2H3,(H,24,26). The summed E-state index contributed by atoms with van der Waals surface area (Å²) in [5.41, 5.74) is 2.23. The lowest BCUT2D eigenvalue weighted by atomic mass is 10.2. The van der Waals surface area contributed by atoms with Gasteiger partial charge in [0.15, 0.2) is 9.84 Å². The molecular formula is C21H22BrFN2O4S. The van der Waals surface area contributed by atoms with Gasteiger partial charge in [0.25, 0.3) is 0 Å². The Bertz CT molecular complexity index is 1120. The van der Waals surface area contributed by atoms with Crippen molar-refractivity contribution in [3.8, 4) is 0 Å². The highest BCUT2D eigenvalue weighted by Gasteiger charge is 2.28. The van der Waals surface area contributed by atoms with Crippen molar-refractivity contribution in [1.29, 1.82) is 0 Å². The summed E-state index contributed by atoms with van der Waals surface area (Å²) in [5, 5.41) is 2.51. The summed E-state index contributed by atoms with van der Waals surface area (Å²) in [6, 6.07) is 7.51. The van der Waals surface area contributed by atoms with Crippen molar-refractivity contribution >= 4 is 49.0 Å². The van der Waals surface area contributed by atoms with E-state index in [1.807, 2.05) is 0 Å². The second kappa shape index (κ2) is 8.85. The maximum absolute atomic E-state index is 13.6. The van der Waals surface area contributed by atoms with E-state index in [9.17, 15) is 22.4 Å². The molecular weight excluding hydrogens is 475 g/mol. The molecule has 0 unspecified atom stereocenters. The van der Waals surface area contributed by atoms with Gasteiger partial charge in [0, 0.05) is 35.2 Å². The van der Waals surface area contributed by atoms with Gasteiger partial charge >= 0.3 is 0 Å². The number of aryl methyl sites for hydroxylation is 1. The number of amides is 2. The van der Waals surface area contributed by atoms with Crippen molar-refractivity contribution in [2.24, 2.45) is 0 Å². The number of nitrogens with zero attached hydrogens (tertiary/aromatic N) is 1. The quantitative estimate of drug-likeness (QED) is 0.654. The maximum Gasteiger partial charge on any atom is 0.226 e. The minimum atomic E-state index is -3.79. The van der Waals surface area contributed by atoms with Gasteiger partial charge in [-0.1, -0.05) is 13.0 Å². The molecule has 3 rings (SSSR count). The predicted molar refractivity (Wildman–Crippen MR) is 117 cm³/mol. The molecule has 0 bridgehead atoms. The fraction of sp³-hybridized carbons (Fsp3) is 0.333. The third-order valence-electron chi connectivity index (χ3n) is 5.02. The van der Waals surface area contributed by atoms with Gasteiger partial charge < -0.3 is 10.2 Å². The van der Waals surface area contributed by atoms with Crippen LogP contribution < -0.4 is 10.2 Å². The van der Waals surface area contributed by atoms with Crippen LogP contribution in [0.25, 0.3) is 0 Å².